The molecule has 0 aliphatic carbocycles. The van der Waals surface area contributed by atoms with Gasteiger partial charge in [0.25, 0.3) is 5.91 Å². The van der Waals surface area contributed by atoms with Crippen LogP contribution in [0.1, 0.15) is 12.5 Å². The fourth-order valence-corrected chi connectivity index (χ4v) is 2.02. The number of carbonyl (C=O) groups is 1. The summed E-state index contributed by atoms with van der Waals surface area (Å²) in [5.74, 6) is 0.623. The smallest absolute Gasteiger partial charge is 0.265 e. The number of hydrogen-bond acceptors (Lipinski definition) is 4. The van der Waals surface area contributed by atoms with E-state index in [9.17, 15) is 9.90 Å². The van der Waals surface area contributed by atoms with Gasteiger partial charge in [-0.25, -0.2) is 0 Å². The number of hydrogen-bond donors (Lipinski definition) is 2. The van der Waals surface area contributed by atoms with E-state index in [2.05, 4.69) is 10.3 Å². The van der Waals surface area contributed by atoms with Crippen molar-refractivity contribution >= 4 is 23.5 Å². The number of nitrogens with one attached hydrogen (secondary N) is 1. The molecule has 1 heterocycles. The number of nitrogens with zero attached hydrogens (tertiary/aromatic N) is 1. The molecule has 0 bridgehead atoms. The third kappa shape index (κ3) is 2.72. The van der Waals surface area contributed by atoms with Gasteiger partial charge in [0.2, 0.25) is 0 Å². The number of aromatic hydroxyl groups is 1. The molecule has 5 heteroatoms. The summed E-state index contributed by atoms with van der Waals surface area (Å²) in [4.78, 5) is 15.9. The summed E-state index contributed by atoms with van der Waals surface area (Å²) in [6, 6.07) is 12.2. The van der Waals surface area contributed by atoms with Gasteiger partial charge in [-0.15, -0.1) is 0 Å². The maximum atomic E-state index is 11.6. The molecule has 3 rings (SSSR count). The van der Waals surface area contributed by atoms with Crippen LogP contribution in [0.5, 0.6) is 11.5 Å². The van der Waals surface area contributed by atoms with Crippen molar-refractivity contribution in [1.29, 1.82) is 0 Å². The molecule has 1 atom stereocenters. The van der Waals surface area contributed by atoms with Gasteiger partial charge in [-0.05, 0) is 37.3 Å². The number of phenolic OH excluding ortho intramolecular Hbond substituents is 1. The second-order valence-corrected chi connectivity index (χ2v) is 4.75. The van der Waals surface area contributed by atoms with Gasteiger partial charge in [0.05, 0.1) is 11.4 Å². The minimum Gasteiger partial charge on any atom is -0.507 e. The summed E-state index contributed by atoms with van der Waals surface area (Å²) >= 11 is 0. The minimum absolute atomic E-state index is 0.171. The lowest BCUT2D eigenvalue weighted by atomic mass is 10.2. The van der Waals surface area contributed by atoms with Gasteiger partial charge in [-0.3, -0.25) is 9.79 Å². The molecule has 2 aromatic carbocycles. The van der Waals surface area contributed by atoms with Gasteiger partial charge in [0, 0.05) is 11.8 Å². The monoisotopic (exact) mass is 282 g/mol. The Morgan fingerprint density at radius 2 is 2.10 bits per heavy atom. The van der Waals surface area contributed by atoms with Crippen molar-refractivity contribution in [2.24, 2.45) is 4.99 Å². The molecular weight excluding hydrogens is 268 g/mol. The first kappa shape index (κ1) is 13.2. The molecule has 0 fully saturated rings. The number of para-hydroxylation sites is 1. The van der Waals surface area contributed by atoms with Crippen molar-refractivity contribution in [3.05, 3.63) is 48.0 Å². The quantitative estimate of drug-likeness (QED) is 0.832. The Balaban J connectivity index is 1.86. The lowest BCUT2D eigenvalue weighted by molar-refractivity contribution is -0.122. The van der Waals surface area contributed by atoms with Gasteiger partial charge in [-0.1, -0.05) is 12.1 Å². The SMILES string of the molecule is C[C@@H]1Oc2ccc(N=Cc3ccccc3O)cc2NC1=O. The van der Waals surface area contributed by atoms with Crippen molar-refractivity contribution in [2.75, 3.05) is 5.32 Å². The number of rotatable bonds is 2. The van der Waals surface area contributed by atoms with Crippen LogP contribution in [0.2, 0.25) is 0 Å². The number of benzene rings is 2. The van der Waals surface area contributed by atoms with Crippen molar-refractivity contribution in [3.63, 3.8) is 0 Å². The van der Waals surface area contributed by atoms with Crippen molar-refractivity contribution in [3.8, 4) is 11.5 Å². The highest BCUT2D eigenvalue weighted by Gasteiger charge is 2.23. The van der Waals surface area contributed by atoms with E-state index in [-0.39, 0.29) is 11.7 Å². The van der Waals surface area contributed by atoms with Crippen molar-refractivity contribution in [2.45, 2.75) is 13.0 Å². The molecule has 0 unspecified atom stereocenters. The molecule has 106 valence electrons. The van der Waals surface area contributed by atoms with Crippen LogP contribution in [-0.4, -0.2) is 23.3 Å². The Morgan fingerprint density at radius 3 is 2.90 bits per heavy atom. The molecule has 1 aliphatic heterocycles. The van der Waals surface area contributed by atoms with E-state index in [1.807, 2.05) is 6.07 Å². The normalized spacial score (nSPS) is 17.2. The summed E-state index contributed by atoms with van der Waals surface area (Å²) < 4.78 is 5.48. The van der Waals surface area contributed by atoms with Gasteiger partial charge < -0.3 is 15.2 Å². The van der Waals surface area contributed by atoms with E-state index in [0.717, 1.165) is 0 Å². The largest absolute Gasteiger partial charge is 0.507 e. The zero-order chi connectivity index (χ0) is 14.8. The van der Waals surface area contributed by atoms with E-state index in [0.29, 0.717) is 22.7 Å². The molecule has 2 aromatic rings. The van der Waals surface area contributed by atoms with E-state index in [1.54, 1.807) is 49.5 Å². The molecule has 5 nitrogen and oxygen atoms in total. The fraction of sp³-hybridized carbons (Fsp3) is 0.125. The van der Waals surface area contributed by atoms with Gasteiger partial charge in [0.1, 0.15) is 11.5 Å². The maximum absolute atomic E-state index is 11.6. The Morgan fingerprint density at radius 1 is 1.29 bits per heavy atom. The predicted octanol–water partition coefficient (Wildman–Crippen LogP) is 2.86. The second kappa shape index (κ2) is 5.28. The predicted molar refractivity (Wildman–Crippen MR) is 80.5 cm³/mol. The third-order valence-electron chi connectivity index (χ3n) is 3.18. The first-order chi connectivity index (χ1) is 10.1. The summed E-state index contributed by atoms with van der Waals surface area (Å²) in [7, 11) is 0. The highest BCUT2D eigenvalue weighted by molar-refractivity contribution is 5.98. The number of phenols is 1. The average Bonchev–Trinajstić information content (AvgIpc) is 2.48. The number of amides is 1. The van der Waals surface area contributed by atoms with E-state index in [4.69, 9.17) is 4.74 Å². The van der Waals surface area contributed by atoms with E-state index >= 15 is 0 Å². The number of aliphatic imine (C=N–C) groups is 1. The molecule has 21 heavy (non-hydrogen) atoms. The van der Waals surface area contributed by atoms with Crippen LogP contribution in [0.25, 0.3) is 0 Å². The Hall–Kier alpha value is -2.82. The summed E-state index contributed by atoms with van der Waals surface area (Å²) in [5, 5.41) is 12.4. The topological polar surface area (TPSA) is 70.9 Å². The first-order valence-electron chi connectivity index (χ1n) is 6.57. The summed E-state index contributed by atoms with van der Waals surface area (Å²) in [6.45, 7) is 1.70. The van der Waals surface area contributed by atoms with Crippen molar-refractivity contribution < 1.29 is 14.6 Å². The lowest BCUT2D eigenvalue weighted by Crippen LogP contribution is -2.34. The third-order valence-corrected chi connectivity index (χ3v) is 3.18. The number of anilines is 1. The van der Waals surface area contributed by atoms with Crippen LogP contribution < -0.4 is 10.1 Å². The molecule has 1 aliphatic rings. The summed E-state index contributed by atoms with van der Waals surface area (Å²) in [5.41, 5.74) is 1.89. The Kier molecular flexibility index (Phi) is 3.31. The molecule has 0 aromatic heterocycles. The number of carbonyl (C=O) groups excluding carboxylic acids is 1. The van der Waals surface area contributed by atoms with Crippen LogP contribution in [0.3, 0.4) is 0 Å². The molecule has 0 saturated heterocycles. The van der Waals surface area contributed by atoms with Crippen LogP contribution in [0, 0.1) is 0 Å². The zero-order valence-electron chi connectivity index (χ0n) is 11.4. The van der Waals surface area contributed by atoms with Crippen molar-refractivity contribution in [1.82, 2.24) is 0 Å². The van der Waals surface area contributed by atoms with E-state index in [1.165, 1.54) is 0 Å². The first-order valence-corrected chi connectivity index (χ1v) is 6.57. The highest BCUT2D eigenvalue weighted by atomic mass is 16.5. The van der Waals surface area contributed by atoms with Crippen LogP contribution in [0.15, 0.2) is 47.5 Å². The molecular formula is C16H14N2O3. The van der Waals surface area contributed by atoms with Gasteiger partial charge >= 0.3 is 0 Å². The molecule has 2 N–H and O–H groups in total. The molecule has 0 radical (unpaired) electrons. The number of fused-ring (bicyclic) bond motifs is 1. The zero-order valence-corrected chi connectivity index (χ0v) is 11.4. The van der Waals surface area contributed by atoms with Crippen LogP contribution in [0.4, 0.5) is 11.4 Å². The fourth-order valence-electron chi connectivity index (χ4n) is 2.02. The Bertz CT molecular complexity index is 725. The van der Waals surface area contributed by atoms with Gasteiger partial charge in [-0.2, -0.15) is 0 Å². The van der Waals surface area contributed by atoms with E-state index < -0.39 is 6.10 Å². The lowest BCUT2D eigenvalue weighted by Gasteiger charge is -2.23. The highest BCUT2D eigenvalue weighted by Crippen LogP contribution is 2.33. The average molecular weight is 282 g/mol. The maximum Gasteiger partial charge on any atom is 0.265 e. The minimum atomic E-state index is -0.492. The summed E-state index contributed by atoms with van der Waals surface area (Å²) in [6.07, 6.45) is 1.08. The van der Waals surface area contributed by atoms with Gasteiger partial charge in [0.15, 0.2) is 6.10 Å². The standard InChI is InChI=1S/C16H14N2O3/c1-10-16(20)18-13-8-12(6-7-15(13)21-10)17-9-11-4-2-3-5-14(11)19/h2-10,19H,1H3,(H,18,20)/t10-/m0/s1. The van der Waals surface area contributed by atoms with Crippen LogP contribution >= 0.6 is 0 Å². The molecule has 1 amide bonds. The Labute approximate surface area is 121 Å². The van der Waals surface area contributed by atoms with Crippen LogP contribution in [-0.2, 0) is 4.79 Å². The molecule has 0 saturated carbocycles. The molecule has 0 spiro atoms. The second-order valence-electron chi connectivity index (χ2n) is 4.75. The number of ether oxygens (including phenoxy) is 1.